The van der Waals surface area contributed by atoms with Gasteiger partial charge in [0.1, 0.15) is 11.9 Å². The van der Waals surface area contributed by atoms with E-state index >= 15 is 0 Å². The predicted octanol–water partition coefficient (Wildman–Crippen LogP) is 2.08. The van der Waals surface area contributed by atoms with Crippen LogP contribution < -0.4 is 15.8 Å². The number of ether oxygens (including phenoxy) is 1. The Morgan fingerprint density at radius 1 is 1.24 bits per heavy atom. The van der Waals surface area contributed by atoms with Crippen LogP contribution in [-0.2, 0) is 16.1 Å². The van der Waals surface area contributed by atoms with Gasteiger partial charge in [-0.1, -0.05) is 30.3 Å². The number of hydrogen-bond acceptors (Lipinski definition) is 6. The largest absolute Gasteiger partial charge is 0.370 e. The fourth-order valence-corrected chi connectivity index (χ4v) is 4.22. The standard InChI is InChI=1S/C25H31N5O3/c1-3-30(21-11-7-4-8-18(21)2)13-12-26-25(32)22-16-29(14-15-33-22)17-23-27-20-10-6-5-9-19(20)24(31)28-23/h4-11,22H,3,12-17H2,1-2H3,(H,26,32)(H,27,28,31)/t22-/m1/s1. The Kier molecular flexibility index (Phi) is 7.36. The van der Waals surface area contributed by atoms with Crippen molar-refractivity contribution in [1.82, 2.24) is 20.2 Å². The number of carbonyl (C=O) groups is 1. The summed E-state index contributed by atoms with van der Waals surface area (Å²) in [5.41, 5.74) is 2.93. The molecule has 1 aromatic heterocycles. The van der Waals surface area contributed by atoms with Crippen LogP contribution in [0.5, 0.6) is 0 Å². The number of nitrogens with zero attached hydrogens (tertiary/aromatic N) is 3. The Hall–Kier alpha value is -3.23. The lowest BCUT2D eigenvalue weighted by Crippen LogP contribution is -2.50. The molecule has 1 aliphatic rings. The Morgan fingerprint density at radius 2 is 2.03 bits per heavy atom. The minimum atomic E-state index is -0.542. The van der Waals surface area contributed by atoms with E-state index in [1.165, 1.54) is 11.3 Å². The first-order valence-corrected chi connectivity index (χ1v) is 11.5. The maximum Gasteiger partial charge on any atom is 0.258 e. The second-order valence-corrected chi connectivity index (χ2v) is 8.28. The third-order valence-electron chi connectivity index (χ3n) is 6.00. The fourth-order valence-electron chi connectivity index (χ4n) is 4.22. The molecule has 2 aromatic carbocycles. The van der Waals surface area contributed by atoms with Gasteiger partial charge < -0.3 is 19.9 Å². The van der Waals surface area contributed by atoms with Gasteiger partial charge in [-0.25, -0.2) is 4.98 Å². The predicted molar refractivity (Wildman–Crippen MR) is 129 cm³/mol. The van der Waals surface area contributed by atoms with Crippen molar-refractivity contribution in [3.63, 3.8) is 0 Å². The molecular weight excluding hydrogens is 418 g/mol. The normalized spacial score (nSPS) is 16.6. The van der Waals surface area contributed by atoms with Gasteiger partial charge >= 0.3 is 0 Å². The Morgan fingerprint density at radius 3 is 2.85 bits per heavy atom. The number of nitrogens with one attached hydrogen (secondary N) is 2. The number of anilines is 1. The molecule has 1 fully saturated rings. The van der Waals surface area contributed by atoms with E-state index in [0.29, 0.717) is 49.5 Å². The molecule has 1 saturated heterocycles. The molecule has 0 bridgehead atoms. The number of aryl methyl sites for hydroxylation is 1. The van der Waals surface area contributed by atoms with Crippen molar-refractivity contribution < 1.29 is 9.53 Å². The zero-order valence-corrected chi connectivity index (χ0v) is 19.2. The number of morpholine rings is 1. The first-order valence-electron chi connectivity index (χ1n) is 11.5. The molecule has 33 heavy (non-hydrogen) atoms. The summed E-state index contributed by atoms with van der Waals surface area (Å²) in [6.07, 6.45) is -0.542. The maximum atomic E-state index is 12.7. The molecule has 0 unspecified atom stereocenters. The number of para-hydroxylation sites is 2. The molecule has 1 amide bonds. The molecule has 1 aliphatic heterocycles. The molecule has 4 rings (SSSR count). The van der Waals surface area contributed by atoms with Crippen molar-refractivity contribution >= 4 is 22.5 Å². The van der Waals surface area contributed by atoms with Gasteiger partial charge in [-0.15, -0.1) is 0 Å². The van der Waals surface area contributed by atoms with Crippen molar-refractivity contribution in [2.24, 2.45) is 0 Å². The number of carbonyl (C=O) groups excluding carboxylic acids is 1. The van der Waals surface area contributed by atoms with Crippen molar-refractivity contribution in [3.8, 4) is 0 Å². The third-order valence-corrected chi connectivity index (χ3v) is 6.00. The summed E-state index contributed by atoms with van der Waals surface area (Å²) in [4.78, 5) is 36.8. The monoisotopic (exact) mass is 449 g/mol. The molecule has 0 saturated carbocycles. The SMILES string of the molecule is CCN(CCNC(=O)[C@H]1CN(Cc2nc3ccccc3c(=O)[nH]2)CCO1)c1ccccc1C. The third kappa shape index (κ3) is 5.58. The average molecular weight is 450 g/mol. The number of hydrogen-bond donors (Lipinski definition) is 2. The van der Waals surface area contributed by atoms with Crippen molar-refractivity contribution in [2.45, 2.75) is 26.5 Å². The van der Waals surface area contributed by atoms with Gasteiger partial charge in [-0.2, -0.15) is 0 Å². The van der Waals surface area contributed by atoms with Crippen LogP contribution in [-0.4, -0.2) is 66.2 Å². The number of aromatic amines is 1. The molecule has 8 nitrogen and oxygen atoms in total. The molecule has 0 aliphatic carbocycles. The van der Waals surface area contributed by atoms with Crippen molar-refractivity contribution in [2.75, 3.05) is 44.2 Å². The van der Waals surface area contributed by atoms with Crippen LogP contribution in [0.4, 0.5) is 5.69 Å². The number of H-pyrrole nitrogens is 1. The number of likely N-dealkylation sites (N-methyl/N-ethyl adjacent to an activating group) is 1. The lowest BCUT2D eigenvalue weighted by atomic mass is 10.2. The summed E-state index contributed by atoms with van der Waals surface area (Å²) >= 11 is 0. The highest BCUT2D eigenvalue weighted by molar-refractivity contribution is 5.81. The van der Waals surface area contributed by atoms with Crippen LogP contribution in [0.3, 0.4) is 0 Å². The van der Waals surface area contributed by atoms with Crippen LogP contribution in [0.2, 0.25) is 0 Å². The number of benzene rings is 2. The van der Waals surface area contributed by atoms with E-state index in [9.17, 15) is 9.59 Å². The zero-order valence-electron chi connectivity index (χ0n) is 19.2. The topological polar surface area (TPSA) is 90.6 Å². The number of rotatable bonds is 8. The van der Waals surface area contributed by atoms with Crippen LogP contribution >= 0.6 is 0 Å². The first-order chi connectivity index (χ1) is 16.0. The summed E-state index contributed by atoms with van der Waals surface area (Å²) in [5, 5.41) is 3.59. The van der Waals surface area contributed by atoms with Crippen LogP contribution in [0.1, 0.15) is 18.3 Å². The maximum absolute atomic E-state index is 12.7. The van der Waals surface area contributed by atoms with E-state index in [0.717, 1.165) is 13.1 Å². The molecular formula is C25H31N5O3. The van der Waals surface area contributed by atoms with Gasteiger partial charge in [-0.05, 0) is 37.6 Å². The van der Waals surface area contributed by atoms with Gasteiger partial charge in [0, 0.05) is 38.4 Å². The molecule has 2 heterocycles. The fraction of sp³-hybridized carbons (Fsp3) is 0.400. The zero-order chi connectivity index (χ0) is 23.2. The quantitative estimate of drug-likeness (QED) is 0.547. The average Bonchev–Trinajstić information content (AvgIpc) is 2.82. The highest BCUT2D eigenvalue weighted by Gasteiger charge is 2.27. The second kappa shape index (κ2) is 10.6. The van der Waals surface area contributed by atoms with Gasteiger partial charge in [-0.3, -0.25) is 14.5 Å². The summed E-state index contributed by atoms with van der Waals surface area (Å²) < 4.78 is 5.73. The Labute approximate surface area is 193 Å². The first kappa shape index (κ1) is 22.9. The molecule has 174 valence electrons. The highest BCUT2D eigenvalue weighted by Crippen LogP contribution is 2.18. The molecule has 0 radical (unpaired) electrons. The van der Waals surface area contributed by atoms with Gasteiger partial charge in [0.05, 0.1) is 24.1 Å². The minimum Gasteiger partial charge on any atom is -0.370 e. The van der Waals surface area contributed by atoms with Gasteiger partial charge in [0.2, 0.25) is 0 Å². The number of aromatic nitrogens is 2. The van der Waals surface area contributed by atoms with E-state index in [2.05, 4.69) is 51.1 Å². The van der Waals surface area contributed by atoms with Crippen LogP contribution in [0, 0.1) is 6.92 Å². The second-order valence-electron chi connectivity index (χ2n) is 8.28. The number of amides is 1. The molecule has 2 N–H and O–H groups in total. The highest BCUT2D eigenvalue weighted by atomic mass is 16.5. The minimum absolute atomic E-state index is 0.111. The van der Waals surface area contributed by atoms with Crippen LogP contribution in [0.25, 0.3) is 10.9 Å². The van der Waals surface area contributed by atoms with E-state index in [-0.39, 0.29) is 11.5 Å². The molecule has 0 spiro atoms. The number of fused-ring (bicyclic) bond motifs is 1. The smallest absolute Gasteiger partial charge is 0.258 e. The van der Waals surface area contributed by atoms with E-state index < -0.39 is 6.10 Å². The summed E-state index contributed by atoms with van der Waals surface area (Å²) in [6, 6.07) is 15.6. The lowest BCUT2D eigenvalue weighted by molar-refractivity contribution is -0.138. The van der Waals surface area contributed by atoms with E-state index in [1.807, 2.05) is 30.3 Å². The van der Waals surface area contributed by atoms with E-state index in [1.54, 1.807) is 6.07 Å². The summed E-state index contributed by atoms with van der Waals surface area (Å²) in [7, 11) is 0. The Balaban J connectivity index is 1.31. The summed E-state index contributed by atoms with van der Waals surface area (Å²) in [6.45, 7) is 8.40. The van der Waals surface area contributed by atoms with Crippen molar-refractivity contribution in [3.05, 3.63) is 70.3 Å². The van der Waals surface area contributed by atoms with E-state index in [4.69, 9.17) is 4.74 Å². The molecule has 3 aromatic rings. The Bertz CT molecular complexity index is 1160. The lowest BCUT2D eigenvalue weighted by Gasteiger charge is -2.32. The summed E-state index contributed by atoms with van der Waals surface area (Å²) in [5.74, 6) is 0.483. The molecule has 1 atom stereocenters. The van der Waals surface area contributed by atoms with Gasteiger partial charge in [0.15, 0.2) is 0 Å². The van der Waals surface area contributed by atoms with Crippen LogP contribution in [0.15, 0.2) is 53.3 Å². The van der Waals surface area contributed by atoms with Gasteiger partial charge in [0.25, 0.3) is 11.5 Å². The van der Waals surface area contributed by atoms with Crippen molar-refractivity contribution in [1.29, 1.82) is 0 Å². The molecule has 8 heteroatoms.